The first kappa shape index (κ1) is 18.8. The highest BCUT2D eigenvalue weighted by Gasteiger charge is 2.46. The zero-order valence-electron chi connectivity index (χ0n) is 13.7. The third-order valence-electron chi connectivity index (χ3n) is 3.97. The van der Waals surface area contributed by atoms with E-state index in [0.29, 0.717) is 6.54 Å². The van der Waals surface area contributed by atoms with Gasteiger partial charge in [0, 0.05) is 18.8 Å². The first-order chi connectivity index (χ1) is 11.6. The molecule has 0 aromatic carbocycles. The molecular weight excluding hydrogens is 318 g/mol. The molecule has 4 N–H and O–H groups in total. The van der Waals surface area contributed by atoms with Crippen molar-refractivity contribution in [3.63, 3.8) is 0 Å². The monoisotopic (exact) mass is 343 g/mol. The van der Waals surface area contributed by atoms with Crippen LogP contribution < -0.4 is 16.7 Å². The number of rotatable bonds is 9. The highest BCUT2D eigenvalue weighted by molar-refractivity contribution is 4.93. The van der Waals surface area contributed by atoms with E-state index < -0.39 is 42.4 Å². The summed E-state index contributed by atoms with van der Waals surface area (Å²) < 4.78 is 6.64. The first-order valence-electron chi connectivity index (χ1n) is 8.22. The second-order valence-electron chi connectivity index (χ2n) is 5.79. The van der Waals surface area contributed by atoms with Crippen LogP contribution in [0.5, 0.6) is 0 Å². The molecule has 2 unspecified atom stereocenters. The Balaban J connectivity index is 2.04. The van der Waals surface area contributed by atoms with Crippen molar-refractivity contribution in [3.8, 4) is 0 Å². The van der Waals surface area contributed by atoms with E-state index in [0.717, 1.165) is 30.3 Å². The minimum absolute atomic E-state index is 0.411. The van der Waals surface area contributed by atoms with Crippen LogP contribution in [0.1, 0.15) is 38.8 Å². The Morgan fingerprint density at radius 1 is 1.38 bits per heavy atom. The van der Waals surface area contributed by atoms with E-state index in [-0.39, 0.29) is 0 Å². The number of ether oxygens (including phenoxy) is 1. The zero-order chi connectivity index (χ0) is 17.5. The molecule has 0 radical (unpaired) electrons. The summed E-state index contributed by atoms with van der Waals surface area (Å²) in [6.07, 6.45) is 1.70. The molecule has 9 heteroatoms. The lowest BCUT2D eigenvalue weighted by molar-refractivity contribution is -0.111. The summed E-state index contributed by atoms with van der Waals surface area (Å²) >= 11 is 0. The maximum Gasteiger partial charge on any atom is 0.330 e. The normalized spacial score (nSPS) is 26.8. The van der Waals surface area contributed by atoms with Gasteiger partial charge in [0.15, 0.2) is 12.3 Å². The average molecular weight is 343 g/mol. The van der Waals surface area contributed by atoms with Crippen LogP contribution in [-0.2, 0) is 9.57 Å². The third-order valence-corrected chi connectivity index (χ3v) is 3.97. The van der Waals surface area contributed by atoms with E-state index >= 15 is 0 Å². The van der Waals surface area contributed by atoms with Gasteiger partial charge in [-0.1, -0.05) is 26.2 Å². The number of aromatic nitrogens is 2. The first-order valence-corrected chi connectivity index (χ1v) is 8.22. The summed E-state index contributed by atoms with van der Waals surface area (Å²) in [6, 6.07) is 1.18. The molecule has 4 atom stereocenters. The van der Waals surface area contributed by atoms with E-state index in [2.05, 4.69) is 17.4 Å². The molecule has 1 aliphatic rings. The SMILES string of the molecule is CCCCCCNOC1C(O)[C@H](CO)O[C@@H]1n1ccc(=O)[nH]c1=O. The molecule has 1 aromatic rings. The van der Waals surface area contributed by atoms with Gasteiger partial charge in [0.1, 0.15) is 12.2 Å². The Morgan fingerprint density at radius 2 is 2.17 bits per heavy atom. The van der Waals surface area contributed by atoms with Crippen LogP contribution in [0.3, 0.4) is 0 Å². The number of aromatic amines is 1. The number of nitrogens with zero attached hydrogens (tertiary/aromatic N) is 1. The lowest BCUT2D eigenvalue weighted by atomic mass is 10.1. The van der Waals surface area contributed by atoms with Gasteiger partial charge in [0.2, 0.25) is 0 Å². The van der Waals surface area contributed by atoms with Crippen molar-refractivity contribution in [3.05, 3.63) is 33.1 Å². The lowest BCUT2D eigenvalue weighted by Gasteiger charge is -2.22. The number of hydrogen-bond donors (Lipinski definition) is 4. The molecule has 136 valence electrons. The second-order valence-corrected chi connectivity index (χ2v) is 5.79. The fraction of sp³-hybridized carbons (Fsp3) is 0.733. The molecule has 0 saturated carbocycles. The zero-order valence-corrected chi connectivity index (χ0v) is 13.7. The van der Waals surface area contributed by atoms with Crippen molar-refractivity contribution in [1.29, 1.82) is 0 Å². The number of nitrogens with one attached hydrogen (secondary N) is 2. The lowest BCUT2D eigenvalue weighted by Crippen LogP contribution is -2.42. The van der Waals surface area contributed by atoms with Gasteiger partial charge in [-0.2, -0.15) is 0 Å². The molecule has 1 aliphatic heterocycles. The van der Waals surface area contributed by atoms with Crippen LogP contribution >= 0.6 is 0 Å². The van der Waals surface area contributed by atoms with Crippen LogP contribution in [0, 0.1) is 0 Å². The number of unbranched alkanes of at least 4 members (excludes halogenated alkanes) is 3. The smallest absolute Gasteiger partial charge is 0.330 e. The molecule has 0 aliphatic carbocycles. The molecule has 9 nitrogen and oxygen atoms in total. The van der Waals surface area contributed by atoms with Crippen molar-refractivity contribution >= 4 is 0 Å². The minimum Gasteiger partial charge on any atom is -0.394 e. The molecule has 0 amide bonds. The number of aliphatic hydroxyl groups is 2. The fourth-order valence-electron chi connectivity index (χ4n) is 2.63. The highest BCUT2D eigenvalue weighted by Crippen LogP contribution is 2.29. The second kappa shape index (κ2) is 9.09. The Morgan fingerprint density at radius 3 is 2.83 bits per heavy atom. The van der Waals surface area contributed by atoms with Crippen LogP contribution in [0.2, 0.25) is 0 Å². The van der Waals surface area contributed by atoms with E-state index in [1.54, 1.807) is 0 Å². The quantitative estimate of drug-likeness (QED) is 0.343. The van der Waals surface area contributed by atoms with Crippen molar-refractivity contribution < 1.29 is 19.8 Å². The molecule has 1 fully saturated rings. The molecule has 1 aromatic heterocycles. The third kappa shape index (κ3) is 4.52. The number of hydrogen-bond acceptors (Lipinski definition) is 7. The van der Waals surface area contributed by atoms with Crippen LogP contribution in [0.25, 0.3) is 0 Å². The van der Waals surface area contributed by atoms with E-state index in [4.69, 9.17) is 9.57 Å². The Bertz CT molecular complexity index is 616. The molecule has 2 heterocycles. The summed E-state index contributed by atoms with van der Waals surface area (Å²) in [7, 11) is 0. The summed E-state index contributed by atoms with van der Waals surface area (Å²) in [6.45, 7) is 2.31. The Labute approximate surface area is 139 Å². The Kier molecular flexibility index (Phi) is 7.13. The number of hydroxylamine groups is 1. The Hall–Kier alpha value is -1.52. The van der Waals surface area contributed by atoms with Gasteiger partial charge in [0.25, 0.3) is 5.56 Å². The number of H-pyrrole nitrogens is 1. The van der Waals surface area contributed by atoms with Gasteiger partial charge in [0.05, 0.1) is 6.61 Å². The maximum atomic E-state index is 11.9. The highest BCUT2D eigenvalue weighted by atomic mass is 16.7. The van der Waals surface area contributed by atoms with Crippen LogP contribution in [-0.4, -0.2) is 51.2 Å². The summed E-state index contributed by atoms with van der Waals surface area (Å²) in [5.74, 6) is 0. The van der Waals surface area contributed by atoms with Crippen molar-refractivity contribution in [2.75, 3.05) is 13.2 Å². The molecular formula is C15H25N3O6. The van der Waals surface area contributed by atoms with Crippen molar-refractivity contribution in [1.82, 2.24) is 15.0 Å². The topological polar surface area (TPSA) is 126 Å². The average Bonchev–Trinajstić information content (AvgIpc) is 2.87. The van der Waals surface area contributed by atoms with Gasteiger partial charge >= 0.3 is 5.69 Å². The predicted molar refractivity (Wildman–Crippen MR) is 85.3 cm³/mol. The number of aliphatic hydroxyl groups excluding tert-OH is 2. The standard InChI is InChI=1S/C15H25N3O6/c1-2-3-4-5-7-16-24-13-12(21)10(9-19)23-14(13)18-8-6-11(20)17-15(18)22/h6,8,10,12-14,16,19,21H,2-5,7,9H2,1H3,(H,17,20,22)/t10-,12?,13?,14-/m0/s1. The van der Waals surface area contributed by atoms with E-state index in [1.807, 2.05) is 0 Å². The molecule has 0 spiro atoms. The van der Waals surface area contributed by atoms with E-state index in [1.165, 1.54) is 12.3 Å². The largest absolute Gasteiger partial charge is 0.394 e. The van der Waals surface area contributed by atoms with Crippen LogP contribution in [0.4, 0.5) is 0 Å². The van der Waals surface area contributed by atoms with E-state index in [9.17, 15) is 19.8 Å². The summed E-state index contributed by atoms with van der Waals surface area (Å²) in [5, 5.41) is 19.5. The molecule has 0 bridgehead atoms. The predicted octanol–water partition coefficient (Wildman–Crippen LogP) is -0.743. The summed E-state index contributed by atoms with van der Waals surface area (Å²) in [4.78, 5) is 30.7. The van der Waals surface area contributed by atoms with Crippen LogP contribution in [0.15, 0.2) is 21.9 Å². The van der Waals surface area contributed by atoms with Crippen molar-refractivity contribution in [2.45, 2.75) is 57.1 Å². The van der Waals surface area contributed by atoms with Crippen molar-refractivity contribution in [2.24, 2.45) is 0 Å². The van der Waals surface area contributed by atoms with Gasteiger partial charge < -0.3 is 14.9 Å². The fourth-order valence-corrected chi connectivity index (χ4v) is 2.63. The maximum absolute atomic E-state index is 11.9. The minimum atomic E-state index is -1.11. The van der Waals surface area contributed by atoms with Gasteiger partial charge in [-0.15, -0.1) is 0 Å². The molecule has 2 rings (SSSR count). The molecule has 1 saturated heterocycles. The summed E-state index contributed by atoms with van der Waals surface area (Å²) in [5.41, 5.74) is 1.58. The van der Waals surface area contributed by atoms with Gasteiger partial charge in [-0.3, -0.25) is 19.2 Å². The van der Waals surface area contributed by atoms with Gasteiger partial charge in [-0.05, 0) is 6.42 Å². The molecule has 24 heavy (non-hydrogen) atoms. The van der Waals surface area contributed by atoms with Gasteiger partial charge in [-0.25, -0.2) is 10.3 Å².